The topological polar surface area (TPSA) is 116 Å². The minimum atomic E-state index is -0.474. The lowest BCUT2D eigenvalue weighted by molar-refractivity contribution is -0.134. The molecule has 9 nitrogen and oxygen atoms in total. The highest BCUT2D eigenvalue weighted by Gasteiger charge is 2.39. The van der Waals surface area contributed by atoms with E-state index >= 15 is 0 Å². The molecular formula is C30H28ClN5O4. The molecule has 3 N–H and O–H groups in total. The van der Waals surface area contributed by atoms with Crippen LogP contribution in [0.3, 0.4) is 0 Å². The second-order valence-electron chi connectivity index (χ2n) is 10.4. The molecular weight excluding hydrogens is 530 g/mol. The standard InChI is InChI=1S/C30H28ClN5O4/c31-23-16-32-25-15-20(8-11-22(23)25)29(39)34-26-17-35(30(40)19-4-5-19)14-12-24(26)33-28(38)18-6-9-21(10-7-18)36-13-2-1-3-27(36)37/h1-3,6-11,13,15-16,19,24,26,32H,4-5,12,14,17H2,(H,33,38)(H,34,39)/t24-,26+/m0/s1. The Morgan fingerprint density at radius 1 is 0.875 bits per heavy atom. The number of pyridine rings is 1. The third kappa shape index (κ3) is 5.24. The van der Waals surface area contributed by atoms with Crippen molar-refractivity contribution in [3.05, 3.63) is 99.6 Å². The molecule has 6 rings (SSSR count). The molecule has 204 valence electrons. The van der Waals surface area contributed by atoms with Crippen molar-refractivity contribution in [2.24, 2.45) is 5.92 Å². The number of amides is 3. The second-order valence-corrected chi connectivity index (χ2v) is 10.8. The van der Waals surface area contributed by atoms with E-state index in [4.69, 9.17) is 11.6 Å². The van der Waals surface area contributed by atoms with Crippen LogP contribution in [-0.2, 0) is 4.79 Å². The number of fused-ring (bicyclic) bond motifs is 1. The Bertz CT molecular complexity index is 1660. The average molecular weight is 558 g/mol. The molecule has 1 aliphatic carbocycles. The van der Waals surface area contributed by atoms with Gasteiger partial charge in [-0.3, -0.25) is 23.7 Å². The van der Waals surface area contributed by atoms with E-state index in [0.29, 0.717) is 41.3 Å². The molecule has 2 atom stereocenters. The zero-order valence-electron chi connectivity index (χ0n) is 21.6. The molecule has 0 unspecified atom stereocenters. The van der Waals surface area contributed by atoms with Gasteiger partial charge in [0.1, 0.15) is 0 Å². The molecule has 3 amide bonds. The number of aromatic amines is 1. The van der Waals surface area contributed by atoms with Crippen LogP contribution in [-0.4, -0.2) is 57.3 Å². The summed E-state index contributed by atoms with van der Waals surface area (Å²) in [6.45, 7) is 0.827. The molecule has 0 spiro atoms. The van der Waals surface area contributed by atoms with Crippen LogP contribution in [0, 0.1) is 5.92 Å². The Hall–Kier alpha value is -4.37. The first kappa shape index (κ1) is 25.9. The molecule has 2 aliphatic rings. The number of aromatic nitrogens is 2. The van der Waals surface area contributed by atoms with E-state index in [1.165, 1.54) is 10.6 Å². The summed E-state index contributed by atoms with van der Waals surface area (Å²) in [6.07, 6.45) is 5.65. The van der Waals surface area contributed by atoms with E-state index in [2.05, 4.69) is 15.6 Å². The summed E-state index contributed by atoms with van der Waals surface area (Å²) in [5.41, 5.74) is 2.12. The zero-order chi connectivity index (χ0) is 27.8. The predicted molar refractivity (Wildman–Crippen MR) is 152 cm³/mol. The lowest BCUT2D eigenvalue weighted by atomic mass is 9.97. The number of benzene rings is 2. The fourth-order valence-electron chi connectivity index (χ4n) is 5.21. The molecule has 2 aromatic carbocycles. The van der Waals surface area contributed by atoms with Gasteiger partial charge < -0.3 is 20.5 Å². The van der Waals surface area contributed by atoms with Crippen molar-refractivity contribution >= 4 is 40.2 Å². The van der Waals surface area contributed by atoms with Crippen molar-refractivity contribution < 1.29 is 14.4 Å². The fourth-order valence-corrected chi connectivity index (χ4v) is 5.43. The highest BCUT2D eigenvalue weighted by atomic mass is 35.5. The first-order valence-electron chi connectivity index (χ1n) is 13.3. The molecule has 2 aromatic heterocycles. The quantitative estimate of drug-likeness (QED) is 0.336. The van der Waals surface area contributed by atoms with Crippen LogP contribution in [0.25, 0.3) is 16.6 Å². The van der Waals surface area contributed by atoms with Crippen LogP contribution in [0.2, 0.25) is 5.02 Å². The number of carbonyl (C=O) groups is 3. The number of hydrogen-bond acceptors (Lipinski definition) is 4. The second kappa shape index (κ2) is 10.7. The molecule has 1 saturated carbocycles. The minimum absolute atomic E-state index is 0.0677. The lowest BCUT2D eigenvalue weighted by Gasteiger charge is -2.39. The van der Waals surface area contributed by atoms with Crippen LogP contribution in [0.5, 0.6) is 0 Å². The Balaban J connectivity index is 1.19. The Morgan fingerprint density at radius 2 is 1.60 bits per heavy atom. The number of halogens is 1. The van der Waals surface area contributed by atoms with Gasteiger partial charge in [0.05, 0.1) is 17.1 Å². The van der Waals surface area contributed by atoms with Crippen molar-refractivity contribution in [2.75, 3.05) is 13.1 Å². The van der Waals surface area contributed by atoms with E-state index in [0.717, 1.165) is 23.7 Å². The van der Waals surface area contributed by atoms with Crippen LogP contribution in [0.15, 0.2) is 77.9 Å². The summed E-state index contributed by atoms with van der Waals surface area (Å²) < 4.78 is 1.50. The van der Waals surface area contributed by atoms with Gasteiger partial charge in [-0.1, -0.05) is 23.7 Å². The summed E-state index contributed by atoms with van der Waals surface area (Å²) in [7, 11) is 0. The van der Waals surface area contributed by atoms with Crippen LogP contribution >= 0.6 is 11.6 Å². The van der Waals surface area contributed by atoms with Gasteiger partial charge >= 0.3 is 0 Å². The number of H-pyrrole nitrogens is 1. The number of likely N-dealkylation sites (tertiary alicyclic amines) is 1. The molecule has 0 radical (unpaired) electrons. The molecule has 10 heteroatoms. The average Bonchev–Trinajstić information content (AvgIpc) is 3.76. The van der Waals surface area contributed by atoms with Crippen molar-refractivity contribution in [2.45, 2.75) is 31.3 Å². The largest absolute Gasteiger partial charge is 0.360 e. The van der Waals surface area contributed by atoms with Gasteiger partial charge in [-0.25, -0.2) is 0 Å². The van der Waals surface area contributed by atoms with Gasteiger partial charge in [-0.15, -0.1) is 0 Å². The van der Waals surface area contributed by atoms with Gasteiger partial charge in [0, 0.05) is 65.2 Å². The van der Waals surface area contributed by atoms with Gasteiger partial charge in [0.25, 0.3) is 17.4 Å². The number of nitrogens with zero attached hydrogens (tertiary/aromatic N) is 2. The van der Waals surface area contributed by atoms with Crippen molar-refractivity contribution in [1.82, 2.24) is 25.1 Å². The molecule has 1 saturated heterocycles. The SMILES string of the molecule is O=C(N[C@H]1CCN(C(=O)C2CC2)C[C@H]1NC(=O)c1ccc2c(Cl)c[nH]c2c1)c1ccc(-n2ccccc2=O)cc1. The number of nitrogens with one attached hydrogen (secondary N) is 3. The maximum atomic E-state index is 13.3. The van der Waals surface area contributed by atoms with Gasteiger partial charge in [0.15, 0.2) is 0 Å². The number of hydrogen-bond donors (Lipinski definition) is 3. The normalized spacial score (nSPS) is 18.9. The molecule has 2 fully saturated rings. The highest BCUT2D eigenvalue weighted by Crippen LogP contribution is 2.32. The van der Waals surface area contributed by atoms with E-state index in [-0.39, 0.29) is 35.2 Å². The van der Waals surface area contributed by atoms with Crippen LogP contribution < -0.4 is 16.2 Å². The molecule has 4 aromatic rings. The molecule has 40 heavy (non-hydrogen) atoms. The van der Waals surface area contributed by atoms with Crippen molar-refractivity contribution in [3.63, 3.8) is 0 Å². The van der Waals surface area contributed by atoms with Crippen LogP contribution in [0.1, 0.15) is 40.0 Å². The number of piperidine rings is 1. The summed E-state index contributed by atoms with van der Waals surface area (Å²) in [5.74, 6) is -0.410. The van der Waals surface area contributed by atoms with Gasteiger partial charge in [0.2, 0.25) is 5.91 Å². The third-order valence-corrected chi connectivity index (χ3v) is 7.92. The predicted octanol–water partition coefficient (Wildman–Crippen LogP) is 3.51. The Labute approximate surface area is 235 Å². The number of carbonyl (C=O) groups excluding carboxylic acids is 3. The summed E-state index contributed by atoms with van der Waals surface area (Å²) in [4.78, 5) is 56.3. The first-order valence-corrected chi connectivity index (χ1v) is 13.7. The van der Waals surface area contributed by atoms with Gasteiger partial charge in [-0.2, -0.15) is 0 Å². The summed E-state index contributed by atoms with van der Waals surface area (Å²) in [6, 6.07) is 16.1. The Morgan fingerprint density at radius 3 is 2.35 bits per heavy atom. The van der Waals surface area contributed by atoms with E-state index < -0.39 is 6.04 Å². The van der Waals surface area contributed by atoms with E-state index in [9.17, 15) is 19.2 Å². The third-order valence-electron chi connectivity index (χ3n) is 7.61. The summed E-state index contributed by atoms with van der Waals surface area (Å²) >= 11 is 6.18. The molecule has 3 heterocycles. The zero-order valence-corrected chi connectivity index (χ0v) is 22.4. The first-order chi connectivity index (χ1) is 19.4. The highest BCUT2D eigenvalue weighted by molar-refractivity contribution is 6.35. The van der Waals surface area contributed by atoms with E-state index in [1.807, 2.05) is 0 Å². The fraction of sp³-hybridized carbons (Fsp3) is 0.267. The lowest BCUT2D eigenvalue weighted by Crippen LogP contribution is -2.61. The maximum Gasteiger partial charge on any atom is 0.255 e. The van der Waals surface area contributed by atoms with Crippen LogP contribution in [0.4, 0.5) is 0 Å². The van der Waals surface area contributed by atoms with Crippen molar-refractivity contribution in [1.29, 1.82) is 0 Å². The minimum Gasteiger partial charge on any atom is -0.360 e. The van der Waals surface area contributed by atoms with E-state index in [1.54, 1.807) is 71.9 Å². The molecule has 1 aliphatic heterocycles. The Kier molecular flexibility index (Phi) is 6.89. The maximum absolute atomic E-state index is 13.3. The van der Waals surface area contributed by atoms with Crippen molar-refractivity contribution in [3.8, 4) is 5.69 Å². The smallest absolute Gasteiger partial charge is 0.255 e. The number of rotatable bonds is 6. The summed E-state index contributed by atoms with van der Waals surface area (Å²) in [5, 5.41) is 7.53. The molecule has 0 bridgehead atoms. The van der Waals surface area contributed by atoms with Gasteiger partial charge in [-0.05, 0) is 61.7 Å². The monoisotopic (exact) mass is 557 g/mol.